The van der Waals surface area contributed by atoms with Gasteiger partial charge < -0.3 is 58.5 Å². The Morgan fingerprint density at radius 1 is 1.05 bits per heavy atom. The summed E-state index contributed by atoms with van der Waals surface area (Å²) in [7, 11) is 5.55. The van der Waals surface area contributed by atoms with Crippen LogP contribution in [-0.2, 0) is 54.0 Å². The molecule has 22 heteroatoms. The summed E-state index contributed by atoms with van der Waals surface area (Å²) in [6.07, 6.45) is -6.60. The third-order valence-corrected chi connectivity index (χ3v) is 15.0. The van der Waals surface area contributed by atoms with Gasteiger partial charge in [-0.25, -0.2) is 4.98 Å². The SMILES string of the molecule is COc1cccc2c1C(OC(C)=O)c1c(O)c3c(c(O)c1C2OC(C)=O)C[C@@](O)(C(=O)NCC(C)SSc1ccc([N+](=O)[O-])cn1)C[C@@H]3O[C@H]1C[C@H]2[C@H](O[C@@H]3[C@@H](OC)OCCN32)[C@H](C)O1. The molecule has 4 heterocycles. The molecule has 3 fully saturated rings. The summed E-state index contributed by atoms with van der Waals surface area (Å²) in [6.45, 7) is 7.05. The van der Waals surface area contributed by atoms with E-state index >= 15 is 0 Å². The zero-order valence-corrected chi connectivity index (χ0v) is 37.9. The van der Waals surface area contributed by atoms with Crippen LogP contribution in [0.2, 0.25) is 0 Å². The molecule has 2 aromatic carbocycles. The first-order valence-electron chi connectivity index (χ1n) is 21.0. The molecule has 3 aliphatic heterocycles. The number of phenolic OH excluding ortho intramolecular Hbond substituents is 2. The Morgan fingerprint density at radius 3 is 2.46 bits per heavy atom. The van der Waals surface area contributed by atoms with Crippen LogP contribution in [0.3, 0.4) is 0 Å². The van der Waals surface area contributed by atoms with Gasteiger partial charge in [-0.05, 0) is 29.9 Å². The molecule has 8 rings (SSSR count). The lowest BCUT2D eigenvalue weighted by Gasteiger charge is -2.44. The smallest absolute Gasteiger partial charge is 0.303 e. The van der Waals surface area contributed by atoms with Gasteiger partial charge in [-0.15, -0.1) is 0 Å². The van der Waals surface area contributed by atoms with Gasteiger partial charge in [-0.1, -0.05) is 29.9 Å². The van der Waals surface area contributed by atoms with Crippen molar-refractivity contribution in [3.63, 3.8) is 0 Å². The van der Waals surface area contributed by atoms with E-state index in [0.29, 0.717) is 23.7 Å². The van der Waals surface area contributed by atoms with E-state index in [9.17, 15) is 39.8 Å². The average Bonchev–Trinajstić information content (AvgIpc) is 3.66. The van der Waals surface area contributed by atoms with E-state index in [1.165, 1.54) is 61.8 Å². The van der Waals surface area contributed by atoms with Gasteiger partial charge in [0, 0.05) is 92.9 Å². The van der Waals surface area contributed by atoms with Crippen LogP contribution in [0.5, 0.6) is 17.2 Å². The number of benzene rings is 2. The number of aliphatic hydroxyl groups is 1. The molecule has 11 atom stereocenters. The molecule has 1 amide bonds. The number of fused-ring (bicyclic) bond motifs is 6. The maximum absolute atomic E-state index is 14.3. The lowest BCUT2D eigenvalue weighted by atomic mass is 9.71. The molecule has 20 nitrogen and oxygen atoms in total. The van der Waals surface area contributed by atoms with Crippen molar-refractivity contribution in [2.45, 2.75) is 118 Å². The minimum Gasteiger partial charge on any atom is -0.507 e. The molecule has 3 saturated heterocycles. The third-order valence-electron chi connectivity index (χ3n) is 12.2. The van der Waals surface area contributed by atoms with Crippen LogP contribution in [0.1, 0.15) is 92.2 Å². The lowest BCUT2D eigenvalue weighted by Crippen LogP contribution is -2.55. The van der Waals surface area contributed by atoms with Crippen molar-refractivity contribution in [2.24, 2.45) is 0 Å². The molecule has 0 radical (unpaired) electrons. The number of nitrogens with zero attached hydrogens (tertiary/aromatic N) is 3. The van der Waals surface area contributed by atoms with Crippen molar-refractivity contribution in [2.75, 3.05) is 33.9 Å². The number of hydrogen-bond acceptors (Lipinski definition) is 20. The summed E-state index contributed by atoms with van der Waals surface area (Å²) in [5, 5.41) is 51.8. The number of rotatable bonds is 13. The molecular weight excluding hydrogens is 893 g/mol. The highest BCUT2D eigenvalue weighted by Crippen LogP contribution is 2.59. The van der Waals surface area contributed by atoms with Crippen molar-refractivity contribution in [1.29, 1.82) is 0 Å². The van der Waals surface area contributed by atoms with Gasteiger partial charge >= 0.3 is 11.9 Å². The van der Waals surface area contributed by atoms with Crippen LogP contribution >= 0.6 is 21.6 Å². The standard InChI is InChI=1S/C43H50N4O16S2/c1-19(64-65-29-11-10-23(18-44-29)47(54)55)17-45-42(52)43(53)15-25-31(28(16-43)62-30-14-26-37(20(2)59-30)63-40-41(57-6)58-13-12-46(26)40)36(51)34-33(35(25)50)38(60-21(3)48)24-8-7-9-27(56-5)32(24)39(34)61-22(4)49/h7-11,18-20,26,28,30,37-41,50-51,53H,12-17H2,1-6H3,(H,45,52)/t19?,20-,26-,28-,30-,37+,38?,39?,40+,41-,43-/m0/s1. The monoisotopic (exact) mass is 942 g/mol. The Kier molecular flexibility index (Phi) is 13.5. The number of methoxy groups -OCH3 is 2. The van der Waals surface area contributed by atoms with Crippen LogP contribution in [-0.4, -0.2) is 130 Å². The molecular formula is C43H50N4O16S2. The zero-order valence-electron chi connectivity index (χ0n) is 36.3. The fourth-order valence-corrected chi connectivity index (χ4v) is 11.4. The number of aromatic nitrogens is 1. The highest BCUT2D eigenvalue weighted by molar-refractivity contribution is 8.76. The first-order valence-corrected chi connectivity index (χ1v) is 23.2. The number of carbonyl (C=O) groups is 3. The number of amides is 1. The fraction of sp³-hybridized carbons (Fsp3) is 0.535. The second-order valence-corrected chi connectivity index (χ2v) is 19.1. The molecule has 350 valence electrons. The molecule has 3 unspecified atom stereocenters. The number of esters is 2. The summed E-state index contributed by atoms with van der Waals surface area (Å²) >= 11 is 0. The summed E-state index contributed by atoms with van der Waals surface area (Å²) in [5.74, 6) is -3.03. The van der Waals surface area contributed by atoms with Crippen LogP contribution in [0.4, 0.5) is 5.69 Å². The summed E-state index contributed by atoms with van der Waals surface area (Å²) in [6, 6.07) is 7.51. The Bertz CT molecular complexity index is 2340. The highest BCUT2D eigenvalue weighted by atomic mass is 33.1. The largest absolute Gasteiger partial charge is 0.507 e. The van der Waals surface area contributed by atoms with Crippen molar-refractivity contribution in [3.05, 3.63) is 80.0 Å². The highest BCUT2D eigenvalue weighted by Gasteiger charge is 2.55. The van der Waals surface area contributed by atoms with Gasteiger partial charge in [-0.2, -0.15) is 0 Å². The lowest BCUT2D eigenvalue weighted by molar-refractivity contribution is -0.385. The van der Waals surface area contributed by atoms with E-state index in [-0.39, 0.29) is 69.6 Å². The van der Waals surface area contributed by atoms with Gasteiger partial charge in [0.2, 0.25) is 0 Å². The van der Waals surface area contributed by atoms with E-state index in [0.717, 1.165) is 6.20 Å². The minimum absolute atomic E-state index is 0.0106. The van der Waals surface area contributed by atoms with E-state index < -0.39 is 95.9 Å². The Labute approximate surface area is 381 Å². The number of carbonyl (C=O) groups excluding carboxylic acids is 3. The van der Waals surface area contributed by atoms with Gasteiger partial charge in [0.15, 0.2) is 31.0 Å². The molecule has 3 aromatic rings. The van der Waals surface area contributed by atoms with Crippen LogP contribution < -0.4 is 10.1 Å². The second kappa shape index (κ2) is 18.8. The van der Waals surface area contributed by atoms with Gasteiger partial charge in [0.05, 0.1) is 42.0 Å². The maximum Gasteiger partial charge on any atom is 0.303 e. The third kappa shape index (κ3) is 8.95. The average molecular weight is 943 g/mol. The van der Waals surface area contributed by atoms with Crippen molar-refractivity contribution < 1.29 is 72.5 Å². The van der Waals surface area contributed by atoms with E-state index in [1.54, 1.807) is 18.2 Å². The van der Waals surface area contributed by atoms with Crippen LogP contribution in [0.25, 0.3) is 0 Å². The minimum atomic E-state index is -2.25. The number of phenols is 2. The number of nitro groups is 1. The molecule has 1 aromatic heterocycles. The Hall–Kier alpha value is -4.78. The van der Waals surface area contributed by atoms with Gasteiger partial charge in [0.1, 0.15) is 40.2 Å². The number of aromatic hydroxyl groups is 2. The topological polar surface area (TPSA) is 257 Å². The van der Waals surface area contributed by atoms with Crippen LogP contribution in [0.15, 0.2) is 41.6 Å². The summed E-state index contributed by atoms with van der Waals surface area (Å²) in [4.78, 5) is 56.6. The molecule has 5 aliphatic rings. The quantitative estimate of drug-likeness (QED) is 0.0614. The van der Waals surface area contributed by atoms with Crippen LogP contribution in [0, 0.1) is 10.1 Å². The van der Waals surface area contributed by atoms with E-state index in [2.05, 4.69) is 15.2 Å². The van der Waals surface area contributed by atoms with E-state index in [4.69, 9.17) is 37.9 Å². The zero-order chi connectivity index (χ0) is 46.5. The molecule has 4 N–H and O–H groups in total. The maximum atomic E-state index is 14.3. The molecule has 65 heavy (non-hydrogen) atoms. The van der Waals surface area contributed by atoms with Crippen molar-refractivity contribution >= 4 is 45.1 Å². The van der Waals surface area contributed by atoms with Gasteiger partial charge in [0.25, 0.3) is 11.6 Å². The number of hydrogen-bond donors (Lipinski definition) is 4. The molecule has 2 aliphatic carbocycles. The number of pyridine rings is 1. The van der Waals surface area contributed by atoms with Crippen molar-refractivity contribution in [1.82, 2.24) is 15.2 Å². The summed E-state index contributed by atoms with van der Waals surface area (Å²) in [5.41, 5.74) is -2.11. The van der Waals surface area contributed by atoms with Crippen molar-refractivity contribution in [3.8, 4) is 17.2 Å². The number of morpholine rings is 1. The summed E-state index contributed by atoms with van der Waals surface area (Å²) < 4.78 is 48.3. The predicted octanol–water partition coefficient (Wildman–Crippen LogP) is 4.24. The number of ether oxygens (including phenoxy) is 8. The predicted molar refractivity (Wildman–Crippen MR) is 229 cm³/mol. The second-order valence-electron chi connectivity index (χ2n) is 16.5. The molecule has 0 bridgehead atoms. The normalized spacial score (nSPS) is 29.5. The number of nitrogens with one attached hydrogen (secondary N) is 1. The first-order chi connectivity index (χ1) is 31.0. The Morgan fingerprint density at radius 2 is 1.78 bits per heavy atom. The van der Waals surface area contributed by atoms with E-state index in [1.807, 2.05) is 13.8 Å². The molecule has 0 spiro atoms. The Balaban J connectivity index is 1.16. The first kappa shape index (κ1) is 46.7. The molecule has 0 saturated carbocycles. The van der Waals surface area contributed by atoms with Gasteiger partial charge in [-0.3, -0.25) is 29.4 Å². The fourth-order valence-electron chi connectivity index (χ4n) is 9.46.